The lowest BCUT2D eigenvalue weighted by molar-refractivity contribution is 0.0947. The Kier molecular flexibility index (Phi) is 4.71. The Labute approximate surface area is 90.5 Å². The molecule has 0 fully saturated rings. The Balaban J connectivity index is 2.32. The van der Waals surface area contributed by atoms with Crippen LogP contribution in [0.3, 0.4) is 0 Å². The van der Waals surface area contributed by atoms with E-state index in [4.69, 9.17) is 17.0 Å². The first-order valence-corrected chi connectivity index (χ1v) is 5.29. The van der Waals surface area contributed by atoms with Gasteiger partial charge in [-0.05, 0) is 18.6 Å². The minimum atomic E-state index is -0.196. The van der Waals surface area contributed by atoms with Crippen molar-refractivity contribution >= 4 is 29.5 Å². The van der Waals surface area contributed by atoms with Gasteiger partial charge in [0.1, 0.15) is 0 Å². The van der Waals surface area contributed by atoms with Crippen LogP contribution in [0.5, 0.6) is 0 Å². The summed E-state index contributed by atoms with van der Waals surface area (Å²) in [4.78, 5) is 11.4. The zero-order chi connectivity index (χ0) is 10.4. The molecule has 0 atom stereocenters. The number of nitrogens with one attached hydrogen (secondary N) is 2. The molecule has 0 radical (unpaired) electrons. The number of aromatic nitrogens is 2. The summed E-state index contributed by atoms with van der Waals surface area (Å²) < 4.78 is 5.35. The van der Waals surface area contributed by atoms with E-state index >= 15 is 0 Å². The van der Waals surface area contributed by atoms with Crippen molar-refractivity contribution in [2.75, 3.05) is 20.3 Å². The van der Waals surface area contributed by atoms with E-state index in [1.165, 1.54) is 0 Å². The number of carbonyl (C=O) groups is 1. The van der Waals surface area contributed by atoms with Crippen LogP contribution in [0.2, 0.25) is 0 Å². The van der Waals surface area contributed by atoms with Crippen LogP contribution in [0.1, 0.15) is 16.2 Å². The summed E-state index contributed by atoms with van der Waals surface area (Å²) in [5.41, 5.74) is 0. The topological polar surface area (TPSA) is 67.0 Å². The van der Waals surface area contributed by atoms with Gasteiger partial charge in [0.2, 0.25) is 5.01 Å². The van der Waals surface area contributed by atoms with E-state index < -0.39 is 0 Å². The van der Waals surface area contributed by atoms with Gasteiger partial charge in [-0.1, -0.05) is 11.3 Å². The van der Waals surface area contributed by atoms with Gasteiger partial charge in [-0.2, -0.15) is 5.10 Å². The van der Waals surface area contributed by atoms with Crippen molar-refractivity contribution in [3.8, 4) is 0 Å². The fourth-order valence-electron chi connectivity index (χ4n) is 0.821. The van der Waals surface area contributed by atoms with E-state index in [0.29, 0.717) is 22.1 Å². The van der Waals surface area contributed by atoms with Crippen molar-refractivity contribution in [2.45, 2.75) is 6.42 Å². The average molecular weight is 233 g/mol. The fraction of sp³-hybridized carbons (Fsp3) is 0.571. The summed E-state index contributed by atoms with van der Waals surface area (Å²) in [7, 11) is 1.63. The van der Waals surface area contributed by atoms with Crippen LogP contribution in [0, 0.1) is 3.95 Å². The molecule has 0 saturated heterocycles. The van der Waals surface area contributed by atoms with Crippen molar-refractivity contribution in [3.63, 3.8) is 0 Å². The molecule has 1 amide bonds. The van der Waals surface area contributed by atoms with E-state index in [9.17, 15) is 4.79 Å². The van der Waals surface area contributed by atoms with Gasteiger partial charge in [0.15, 0.2) is 3.95 Å². The summed E-state index contributed by atoms with van der Waals surface area (Å²) in [5, 5.41) is 9.39. The molecule has 1 rings (SSSR count). The Morgan fingerprint density at radius 1 is 1.79 bits per heavy atom. The van der Waals surface area contributed by atoms with Crippen LogP contribution in [-0.4, -0.2) is 36.4 Å². The molecule has 0 aliphatic rings. The maximum atomic E-state index is 11.4. The Bertz CT molecular complexity index is 347. The second-order valence-electron chi connectivity index (χ2n) is 2.52. The second-order valence-corrected chi connectivity index (χ2v) is 4.19. The number of hydrogen-bond acceptors (Lipinski definition) is 5. The molecule has 1 aromatic heterocycles. The van der Waals surface area contributed by atoms with Gasteiger partial charge in [0.25, 0.3) is 5.91 Å². The monoisotopic (exact) mass is 233 g/mol. The molecule has 0 aliphatic carbocycles. The zero-order valence-corrected chi connectivity index (χ0v) is 9.33. The van der Waals surface area contributed by atoms with Crippen molar-refractivity contribution < 1.29 is 9.53 Å². The van der Waals surface area contributed by atoms with Crippen LogP contribution >= 0.6 is 23.6 Å². The first-order valence-electron chi connectivity index (χ1n) is 4.06. The standard InChI is InChI=1S/C7H11N3O2S2/c1-12-4-2-3-8-5(11)6-9-10-7(13)14-6/h2-4H2,1H3,(H,8,11)(H,10,13). The molecular weight excluding hydrogens is 222 g/mol. The van der Waals surface area contributed by atoms with Gasteiger partial charge in [-0.15, -0.1) is 0 Å². The number of nitrogens with zero attached hydrogens (tertiary/aromatic N) is 1. The maximum absolute atomic E-state index is 11.4. The van der Waals surface area contributed by atoms with Gasteiger partial charge in [0, 0.05) is 20.3 Å². The second kappa shape index (κ2) is 5.84. The number of carbonyl (C=O) groups excluding carboxylic acids is 1. The molecule has 5 nitrogen and oxygen atoms in total. The first kappa shape index (κ1) is 11.3. The average Bonchev–Trinajstić information content (AvgIpc) is 2.59. The maximum Gasteiger partial charge on any atom is 0.282 e. The number of amides is 1. The Morgan fingerprint density at radius 3 is 3.14 bits per heavy atom. The summed E-state index contributed by atoms with van der Waals surface area (Å²) in [6, 6.07) is 0. The lowest BCUT2D eigenvalue weighted by atomic mass is 10.4. The highest BCUT2D eigenvalue weighted by Gasteiger charge is 2.07. The minimum absolute atomic E-state index is 0.196. The number of hydrogen-bond donors (Lipinski definition) is 2. The number of methoxy groups -OCH3 is 1. The third-order valence-corrected chi connectivity index (χ3v) is 2.53. The van der Waals surface area contributed by atoms with E-state index in [1.54, 1.807) is 7.11 Å². The molecule has 0 spiro atoms. The molecule has 7 heteroatoms. The van der Waals surface area contributed by atoms with Crippen molar-refractivity contribution in [3.05, 3.63) is 8.96 Å². The molecule has 1 aromatic rings. The lowest BCUT2D eigenvalue weighted by Crippen LogP contribution is -2.25. The van der Waals surface area contributed by atoms with Gasteiger partial charge in [0.05, 0.1) is 0 Å². The van der Waals surface area contributed by atoms with Crippen LogP contribution in [-0.2, 0) is 4.74 Å². The first-order chi connectivity index (χ1) is 6.74. The molecule has 0 saturated carbocycles. The quantitative estimate of drug-likeness (QED) is 0.587. The highest BCUT2D eigenvalue weighted by atomic mass is 32.1. The summed E-state index contributed by atoms with van der Waals surface area (Å²) in [6.45, 7) is 1.22. The number of H-pyrrole nitrogens is 1. The molecule has 1 heterocycles. The smallest absolute Gasteiger partial charge is 0.282 e. The summed E-state index contributed by atoms with van der Waals surface area (Å²) in [6.07, 6.45) is 0.790. The summed E-state index contributed by atoms with van der Waals surface area (Å²) >= 11 is 5.97. The van der Waals surface area contributed by atoms with Gasteiger partial charge in [-0.25, -0.2) is 0 Å². The molecule has 0 bridgehead atoms. The van der Waals surface area contributed by atoms with Gasteiger partial charge >= 0.3 is 0 Å². The molecule has 0 aromatic carbocycles. The predicted octanol–water partition coefficient (Wildman–Crippen LogP) is 0.967. The SMILES string of the molecule is COCCCNC(=O)c1n[nH]c(=S)s1. The Hall–Kier alpha value is -0.790. The molecule has 14 heavy (non-hydrogen) atoms. The minimum Gasteiger partial charge on any atom is -0.385 e. The van der Waals surface area contributed by atoms with Crippen LogP contribution in [0.4, 0.5) is 0 Å². The van der Waals surface area contributed by atoms with Gasteiger partial charge in [-0.3, -0.25) is 9.89 Å². The molecule has 2 N–H and O–H groups in total. The van der Waals surface area contributed by atoms with Crippen LogP contribution < -0.4 is 5.32 Å². The number of aromatic amines is 1. The van der Waals surface area contributed by atoms with Crippen molar-refractivity contribution in [2.24, 2.45) is 0 Å². The molecule has 0 unspecified atom stereocenters. The lowest BCUT2D eigenvalue weighted by Gasteiger charge is -2.00. The highest BCUT2D eigenvalue weighted by Crippen LogP contribution is 2.03. The summed E-state index contributed by atoms with van der Waals surface area (Å²) in [5.74, 6) is -0.196. The van der Waals surface area contributed by atoms with Crippen LogP contribution in [0.25, 0.3) is 0 Å². The van der Waals surface area contributed by atoms with Crippen molar-refractivity contribution in [1.29, 1.82) is 0 Å². The third-order valence-electron chi connectivity index (χ3n) is 1.44. The largest absolute Gasteiger partial charge is 0.385 e. The molecule has 78 valence electrons. The molecular formula is C7H11N3O2S2. The van der Waals surface area contributed by atoms with E-state index in [2.05, 4.69) is 15.5 Å². The van der Waals surface area contributed by atoms with E-state index in [0.717, 1.165) is 17.8 Å². The zero-order valence-electron chi connectivity index (χ0n) is 7.70. The Morgan fingerprint density at radius 2 is 2.57 bits per heavy atom. The molecule has 0 aliphatic heterocycles. The highest BCUT2D eigenvalue weighted by molar-refractivity contribution is 7.73. The van der Waals surface area contributed by atoms with Crippen molar-refractivity contribution in [1.82, 2.24) is 15.5 Å². The van der Waals surface area contributed by atoms with Gasteiger partial charge < -0.3 is 10.1 Å². The number of rotatable bonds is 5. The fourth-order valence-corrected chi connectivity index (χ4v) is 1.63. The normalized spacial score (nSPS) is 10.1. The third kappa shape index (κ3) is 3.52. The predicted molar refractivity (Wildman–Crippen MR) is 56.1 cm³/mol. The number of ether oxygens (including phenoxy) is 1. The van der Waals surface area contributed by atoms with Crippen LogP contribution in [0.15, 0.2) is 0 Å². The van der Waals surface area contributed by atoms with E-state index in [1.807, 2.05) is 0 Å². The van der Waals surface area contributed by atoms with E-state index in [-0.39, 0.29) is 5.91 Å².